The number of nitrogens with zero attached hydrogens (tertiary/aromatic N) is 1. The van der Waals surface area contributed by atoms with Crippen molar-refractivity contribution in [3.63, 3.8) is 0 Å². The fraction of sp³-hybridized carbons (Fsp3) is 0.250. The van der Waals surface area contributed by atoms with Crippen molar-refractivity contribution < 1.29 is 4.74 Å². The second kappa shape index (κ2) is 6.53. The van der Waals surface area contributed by atoms with Gasteiger partial charge in [0.1, 0.15) is 5.75 Å². The normalized spacial score (nSPS) is 17.9. The predicted molar refractivity (Wildman–Crippen MR) is 109 cm³/mol. The van der Waals surface area contributed by atoms with Crippen LogP contribution in [0, 0.1) is 0 Å². The molecule has 0 spiro atoms. The minimum atomic E-state index is 0.0993. The van der Waals surface area contributed by atoms with Crippen molar-refractivity contribution in [2.24, 2.45) is 0 Å². The van der Waals surface area contributed by atoms with Crippen molar-refractivity contribution in [3.05, 3.63) is 84.4 Å². The molecule has 2 nitrogen and oxygen atoms in total. The van der Waals surface area contributed by atoms with Crippen molar-refractivity contribution in [1.82, 2.24) is 0 Å². The molecule has 0 saturated heterocycles. The molecule has 0 bridgehead atoms. The van der Waals surface area contributed by atoms with Gasteiger partial charge < -0.3 is 9.64 Å². The summed E-state index contributed by atoms with van der Waals surface area (Å²) in [6, 6.07) is 27.6. The summed E-state index contributed by atoms with van der Waals surface area (Å²) in [7, 11) is 0. The Balaban J connectivity index is 1.85. The zero-order chi connectivity index (χ0) is 18.1. The van der Waals surface area contributed by atoms with Gasteiger partial charge in [-0.3, -0.25) is 0 Å². The Morgan fingerprint density at radius 3 is 1.96 bits per heavy atom. The first-order valence-electron chi connectivity index (χ1n) is 9.26. The fourth-order valence-electron chi connectivity index (χ4n) is 3.98. The van der Waals surface area contributed by atoms with Crippen molar-refractivity contribution >= 4 is 17.1 Å². The van der Waals surface area contributed by atoms with Gasteiger partial charge >= 0.3 is 0 Å². The van der Waals surface area contributed by atoms with Crippen LogP contribution in [0.15, 0.2) is 78.9 Å². The van der Waals surface area contributed by atoms with Crippen LogP contribution in [0.3, 0.4) is 0 Å². The summed E-state index contributed by atoms with van der Waals surface area (Å²) in [5, 5.41) is 0. The van der Waals surface area contributed by atoms with E-state index in [-0.39, 0.29) is 11.5 Å². The molecule has 0 amide bonds. The van der Waals surface area contributed by atoms with Crippen LogP contribution in [0.5, 0.6) is 5.75 Å². The first-order valence-corrected chi connectivity index (χ1v) is 9.26. The first-order chi connectivity index (χ1) is 12.5. The van der Waals surface area contributed by atoms with E-state index in [4.69, 9.17) is 4.74 Å². The number of hydrogen-bond donors (Lipinski definition) is 0. The summed E-state index contributed by atoms with van der Waals surface area (Å²) in [4.78, 5) is 2.30. The summed E-state index contributed by atoms with van der Waals surface area (Å²) in [5.74, 6) is 1.01. The van der Waals surface area contributed by atoms with Crippen LogP contribution in [0.25, 0.3) is 0 Å². The quantitative estimate of drug-likeness (QED) is 0.531. The number of anilines is 3. The lowest BCUT2D eigenvalue weighted by Crippen LogP contribution is -2.32. The van der Waals surface area contributed by atoms with Crippen LogP contribution >= 0.6 is 0 Å². The molecule has 1 aliphatic heterocycles. The van der Waals surface area contributed by atoms with E-state index in [0.29, 0.717) is 0 Å². The van der Waals surface area contributed by atoms with E-state index in [0.717, 1.165) is 29.2 Å². The molecule has 0 aromatic heterocycles. The molecule has 1 atom stereocenters. The molecule has 0 aliphatic carbocycles. The smallest absolute Gasteiger partial charge is 0.123 e. The molecule has 0 fully saturated rings. The lowest BCUT2D eigenvalue weighted by Gasteiger charge is -2.37. The number of fused-ring (bicyclic) bond motifs is 1. The van der Waals surface area contributed by atoms with Crippen LogP contribution < -0.4 is 9.64 Å². The SMILES string of the molecule is CC1CC(C)(C)c2cc(N(c3ccccc3)c3ccccc3)ccc2O1. The minimum absolute atomic E-state index is 0.0993. The second-order valence-electron chi connectivity index (χ2n) is 7.70. The average molecular weight is 343 g/mol. The highest BCUT2D eigenvalue weighted by atomic mass is 16.5. The topological polar surface area (TPSA) is 12.5 Å². The van der Waals surface area contributed by atoms with Crippen molar-refractivity contribution in [1.29, 1.82) is 0 Å². The number of hydrogen-bond acceptors (Lipinski definition) is 2. The third-order valence-electron chi connectivity index (χ3n) is 5.11. The van der Waals surface area contributed by atoms with Gasteiger partial charge in [0.25, 0.3) is 0 Å². The third kappa shape index (κ3) is 3.08. The highest BCUT2D eigenvalue weighted by molar-refractivity contribution is 5.77. The summed E-state index contributed by atoms with van der Waals surface area (Å²) in [6.45, 7) is 6.77. The van der Waals surface area contributed by atoms with Gasteiger partial charge in [0.05, 0.1) is 6.10 Å². The van der Waals surface area contributed by atoms with Gasteiger partial charge in [0.2, 0.25) is 0 Å². The van der Waals surface area contributed by atoms with Gasteiger partial charge in [-0.2, -0.15) is 0 Å². The molecular weight excluding hydrogens is 318 g/mol. The van der Waals surface area contributed by atoms with E-state index in [1.807, 2.05) is 0 Å². The molecule has 2 heteroatoms. The number of rotatable bonds is 3. The zero-order valence-electron chi connectivity index (χ0n) is 15.6. The Bertz CT molecular complexity index is 847. The molecule has 1 heterocycles. The van der Waals surface area contributed by atoms with E-state index in [2.05, 4.69) is 105 Å². The van der Waals surface area contributed by atoms with Gasteiger partial charge in [-0.15, -0.1) is 0 Å². The number of benzene rings is 3. The van der Waals surface area contributed by atoms with Gasteiger partial charge in [-0.25, -0.2) is 0 Å². The Morgan fingerprint density at radius 2 is 1.38 bits per heavy atom. The molecule has 132 valence electrons. The lowest BCUT2D eigenvalue weighted by molar-refractivity contribution is 0.150. The van der Waals surface area contributed by atoms with E-state index in [1.54, 1.807) is 0 Å². The van der Waals surface area contributed by atoms with Gasteiger partial charge in [-0.05, 0) is 61.2 Å². The highest BCUT2D eigenvalue weighted by Gasteiger charge is 2.33. The van der Waals surface area contributed by atoms with Gasteiger partial charge in [0.15, 0.2) is 0 Å². The maximum Gasteiger partial charge on any atom is 0.123 e. The van der Waals surface area contributed by atoms with Crippen molar-refractivity contribution in [3.8, 4) is 5.75 Å². The molecule has 0 saturated carbocycles. The summed E-state index contributed by atoms with van der Waals surface area (Å²) in [5.41, 5.74) is 4.85. The van der Waals surface area contributed by atoms with E-state index in [9.17, 15) is 0 Å². The lowest BCUT2D eigenvalue weighted by atomic mass is 9.77. The average Bonchev–Trinajstić information content (AvgIpc) is 2.63. The molecule has 0 N–H and O–H groups in total. The predicted octanol–water partition coefficient (Wildman–Crippen LogP) is 6.61. The molecular formula is C24H25NO. The standard InChI is InChI=1S/C24H25NO/c1-18-17-24(2,3)22-16-21(14-15-23(22)26-18)25(19-10-6-4-7-11-19)20-12-8-5-9-13-20/h4-16,18H,17H2,1-3H3. The number of ether oxygens (including phenoxy) is 1. The Labute approximate surface area is 156 Å². The van der Waals surface area contributed by atoms with Crippen LogP contribution in [0.4, 0.5) is 17.1 Å². The van der Waals surface area contributed by atoms with Crippen LogP contribution in [-0.2, 0) is 5.41 Å². The van der Waals surface area contributed by atoms with Gasteiger partial charge in [-0.1, -0.05) is 50.2 Å². The van der Waals surface area contributed by atoms with Crippen LogP contribution in [0.2, 0.25) is 0 Å². The van der Waals surface area contributed by atoms with Gasteiger partial charge in [0, 0.05) is 22.6 Å². The van der Waals surface area contributed by atoms with Crippen molar-refractivity contribution in [2.45, 2.75) is 38.7 Å². The Kier molecular flexibility index (Phi) is 4.20. The Morgan fingerprint density at radius 1 is 0.808 bits per heavy atom. The monoisotopic (exact) mass is 343 g/mol. The highest BCUT2D eigenvalue weighted by Crippen LogP contribution is 2.44. The minimum Gasteiger partial charge on any atom is -0.490 e. The molecule has 0 radical (unpaired) electrons. The van der Waals surface area contributed by atoms with Crippen molar-refractivity contribution in [2.75, 3.05) is 4.90 Å². The van der Waals surface area contributed by atoms with E-state index < -0.39 is 0 Å². The zero-order valence-corrected chi connectivity index (χ0v) is 15.6. The molecule has 26 heavy (non-hydrogen) atoms. The maximum atomic E-state index is 6.10. The Hall–Kier alpha value is -2.74. The largest absolute Gasteiger partial charge is 0.490 e. The maximum absolute atomic E-state index is 6.10. The third-order valence-corrected chi connectivity index (χ3v) is 5.11. The molecule has 3 aromatic rings. The number of para-hydroxylation sites is 2. The summed E-state index contributed by atoms with van der Waals surface area (Å²) in [6.07, 6.45) is 1.28. The van der Waals surface area contributed by atoms with Crippen LogP contribution in [0.1, 0.15) is 32.8 Å². The fourth-order valence-corrected chi connectivity index (χ4v) is 3.98. The van der Waals surface area contributed by atoms with E-state index in [1.165, 1.54) is 5.56 Å². The molecule has 4 rings (SSSR count). The molecule has 1 aliphatic rings. The summed E-state index contributed by atoms with van der Waals surface area (Å²) < 4.78 is 6.10. The van der Waals surface area contributed by atoms with E-state index >= 15 is 0 Å². The molecule has 1 unspecified atom stereocenters. The second-order valence-corrected chi connectivity index (χ2v) is 7.70. The summed E-state index contributed by atoms with van der Waals surface area (Å²) >= 11 is 0. The first kappa shape index (κ1) is 16.7. The molecule has 3 aromatic carbocycles. The van der Waals surface area contributed by atoms with Crippen LogP contribution in [-0.4, -0.2) is 6.10 Å².